The lowest BCUT2D eigenvalue weighted by Gasteiger charge is -2.35. The molecule has 3 fully saturated rings. The van der Waals surface area contributed by atoms with Gasteiger partial charge in [0.1, 0.15) is 11.9 Å². The van der Waals surface area contributed by atoms with Gasteiger partial charge in [0.05, 0.1) is 0 Å². The molecular formula is C25H36F2N2O3. The van der Waals surface area contributed by atoms with Gasteiger partial charge in [-0.05, 0) is 82.4 Å². The largest absolute Gasteiger partial charge is 0.487 e. The van der Waals surface area contributed by atoms with E-state index in [1.165, 1.54) is 31.4 Å². The molecule has 0 unspecified atom stereocenters. The predicted molar refractivity (Wildman–Crippen MR) is 118 cm³/mol. The van der Waals surface area contributed by atoms with E-state index in [0.717, 1.165) is 70.1 Å². The van der Waals surface area contributed by atoms with E-state index in [0.29, 0.717) is 19.3 Å². The molecule has 1 aromatic carbocycles. The first-order chi connectivity index (χ1) is 15.6. The normalized spacial score (nSPS) is 26.1. The third-order valence-electron chi connectivity index (χ3n) is 7.36. The van der Waals surface area contributed by atoms with Crippen LogP contribution in [0.4, 0.5) is 8.78 Å². The van der Waals surface area contributed by atoms with Crippen molar-refractivity contribution in [2.24, 2.45) is 11.8 Å². The van der Waals surface area contributed by atoms with Gasteiger partial charge in [-0.15, -0.1) is 0 Å². The molecule has 2 heterocycles. The van der Waals surface area contributed by atoms with Crippen molar-refractivity contribution in [3.8, 4) is 5.75 Å². The molecule has 1 aliphatic carbocycles. The summed E-state index contributed by atoms with van der Waals surface area (Å²) in [5, 5.41) is 3.28. The van der Waals surface area contributed by atoms with Crippen molar-refractivity contribution in [1.82, 2.24) is 10.2 Å². The highest BCUT2D eigenvalue weighted by Crippen LogP contribution is 2.29. The zero-order valence-corrected chi connectivity index (χ0v) is 18.9. The maximum absolute atomic E-state index is 13.8. The Balaban J connectivity index is 1.10. The predicted octanol–water partition coefficient (Wildman–Crippen LogP) is 4.30. The number of hydrogen-bond acceptors (Lipinski definition) is 4. The van der Waals surface area contributed by atoms with Gasteiger partial charge in [0, 0.05) is 44.3 Å². The lowest BCUT2D eigenvalue weighted by molar-refractivity contribution is -0.128. The Morgan fingerprint density at radius 3 is 2.44 bits per heavy atom. The van der Waals surface area contributed by atoms with Gasteiger partial charge < -0.3 is 19.7 Å². The number of rotatable bonds is 7. The summed E-state index contributed by atoms with van der Waals surface area (Å²) < 4.78 is 38.0. The van der Waals surface area contributed by atoms with Gasteiger partial charge in [-0.25, -0.2) is 8.78 Å². The minimum absolute atomic E-state index is 0.0130. The number of nitrogens with one attached hydrogen (secondary N) is 1. The second-order valence-corrected chi connectivity index (χ2v) is 9.64. The fourth-order valence-corrected chi connectivity index (χ4v) is 5.24. The van der Waals surface area contributed by atoms with E-state index in [4.69, 9.17) is 9.47 Å². The summed E-state index contributed by atoms with van der Waals surface area (Å²) in [6, 6.07) is 3.81. The maximum Gasteiger partial charge on any atom is 0.223 e. The van der Waals surface area contributed by atoms with E-state index in [1.807, 2.05) is 0 Å². The quantitative estimate of drug-likeness (QED) is 0.673. The standard InChI is InChI=1S/C25H36F2N2O3/c26-20-3-6-24(23(27)17-20)32-22-8-13-29(14-9-22)12-7-18-1-4-21(5-2-18)28-25(30)19-10-15-31-16-11-19/h3,6,17-19,21-22H,1-2,4-5,7-16H2,(H,28,30)/t18-,21-. The Hall–Kier alpha value is -1.73. The van der Waals surface area contributed by atoms with Crippen LogP contribution >= 0.6 is 0 Å². The Morgan fingerprint density at radius 1 is 1.03 bits per heavy atom. The molecule has 178 valence electrons. The maximum atomic E-state index is 13.8. The van der Waals surface area contributed by atoms with Gasteiger partial charge >= 0.3 is 0 Å². The molecule has 0 aromatic heterocycles. The molecule has 1 N–H and O–H groups in total. The van der Waals surface area contributed by atoms with Gasteiger partial charge in [-0.2, -0.15) is 0 Å². The molecule has 5 nitrogen and oxygen atoms in total. The Bertz CT molecular complexity index is 741. The minimum atomic E-state index is -0.632. The molecule has 1 aromatic rings. The lowest BCUT2D eigenvalue weighted by Crippen LogP contribution is -2.43. The van der Waals surface area contributed by atoms with Crippen molar-refractivity contribution in [2.45, 2.75) is 69.9 Å². The van der Waals surface area contributed by atoms with Crippen molar-refractivity contribution >= 4 is 5.91 Å². The molecule has 2 saturated heterocycles. The van der Waals surface area contributed by atoms with Gasteiger partial charge in [0.2, 0.25) is 5.91 Å². The highest BCUT2D eigenvalue weighted by molar-refractivity contribution is 5.79. The first-order valence-corrected chi connectivity index (χ1v) is 12.3. The molecule has 0 radical (unpaired) electrons. The molecule has 0 bridgehead atoms. The molecule has 0 spiro atoms. The number of carbonyl (C=O) groups is 1. The fourth-order valence-electron chi connectivity index (χ4n) is 5.24. The number of piperidine rings is 1. The van der Waals surface area contributed by atoms with Crippen molar-refractivity contribution in [1.29, 1.82) is 0 Å². The number of carbonyl (C=O) groups excluding carboxylic acids is 1. The SMILES string of the molecule is O=C(N[C@H]1CC[C@H](CCN2CCC(Oc3ccc(F)cc3F)CC2)CC1)C1CCOCC1. The van der Waals surface area contributed by atoms with Gasteiger partial charge in [-0.3, -0.25) is 4.79 Å². The third-order valence-corrected chi connectivity index (χ3v) is 7.36. The summed E-state index contributed by atoms with van der Waals surface area (Å²) in [6.07, 6.45) is 9.13. The summed E-state index contributed by atoms with van der Waals surface area (Å²) in [6.45, 7) is 4.39. The summed E-state index contributed by atoms with van der Waals surface area (Å²) in [7, 11) is 0. The summed E-state index contributed by atoms with van der Waals surface area (Å²) >= 11 is 0. The van der Waals surface area contributed by atoms with Crippen LogP contribution in [-0.4, -0.2) is 55.8 Å². The van der Waals surface area contributed by atoms with Gasteiger partial charge in [0.25, 0.3) is 0 Å². The molecule has 0 atom stereocenters. The number of amides is 1. The zero-order valence-electron chi connectivity index (χ0n) is 18.9. The van der Waals surface area contributed by atoms with E-state index < -0.39 is 11.6 Å². The molecule has 2 aliphatic heterocycles. The molecule has 4 rings (SSSR count). The summed E-state index contributed by atoms with van der Waals surface area (Å²) in [4.78, 5) is 14.9. The highest BCUT2D eigenvalue weighted by Gasteiger charge is 2.28. The second kappa shape index (κ2) is 11.4. The van der Waals surface area contributed by atoms with Crippen molar-refractivity contribution < 1.29 is 23.0 Å². The van der Waals surface area contributed by atoms with Crippen LogP contribution in [0.15, 0.2) is 18.2 Å². The molecule has 7 heteroatoms. The smallest absolute Gasteiger partial charge is 0.223 e. The van der Waals surface area contributed by atoms with Crippen LogP contribution < -0.4 is 10.1 Å². The molecule has 1 amide bonds. The van der Waals surface area contributed by atoms with Crippen molar-refractivity contribution in [2.75, 3.05) is 32.8 Å². The Labute approximate surface area is 189 Å². The fraction of sp³-hybridized carbons (Fsp3) is 0.720. The van der Waals surface area contributed by atoms with E-state index in [2.05, 4.69) is 10.2 Å². The van der Waals surface area contributed by atoms with E-state index in [9.17, 15) is 13.6 Å². The molecule has 3 aliphatic rings. The zero-order chi connectivity index (χ0) is 22.3. The molecule has 32 heavy (non-hydrogen) atoms. The Morgan fingerprint density at radius 2 is 1.75 bits per heavy atom. The first-order valence-electron chi connectivity index (χ1n) is 12.3. The van der Waals surface area contributed by atoms with Crippen LogP contribution in [0.5, 0.6) is 5.75 Å². The molecule has 1 saturated carbocycles. The third kappa shape index (κ3) is 6.64. The van der Waals surface area contributed by atoms with E-state index >= 15 is 0 Å². The van der Waals surface area contributed by atoms with Crippen molar-refractivity contribution in [3.05, 3.63) is 29.8 Å². The summed E-state index contributed by atoms with van der Waals surface area (Å²) in [5.74, 6) is 0.0155. The van der Waals surface area contributed by atoms with Crippen LogP contribution in [0.1, 0.15) is 57.8 Å². The number of nitrogens with zero attached hydrogens (tertiary/aromatic N) is 1. The average molecular weight is 451 g/mol. The monoisotopic (exact) mass is 450 g/mol. The highest BCUT2D eigenvalue weighted by atomic mass is 19.1. The van der Waals surface area contributed by atoms with Gasteiger partial charge in [0.15, 0.2) is 11.6 Å². The topological polar surface area (TPSA) is 50.8 Å². The number of likely N-dealkylation sites (tertiary alicyclic amines) is 1. The summed E-state index contributed by atoms with van der Waals surface area (Å²) in [5.41, 5.74) is 0. The van der Waals surface area contributed by atoms with E-state index in [-0.39, 0.29) is 23.7 Å². The Kier molecular flexibility index (Phi) is 8.36. The number of hydrogen-bond donors (Lipinski definition) is 1. The van der Waals surface area contributed by atoms with Gasteiger partial charge in [-0.1, -0.05) is 0 Å². The van der Waals surface area contributed by atoms with E-state index in [1.54, 1.807) is 0 Å². The number of halogens is 2. The van der Waals surface area contributed by atoms with Crippen LogP contribution in [0.3, 0.4) is 0 Å². The average Bonchev–Trinajstić information content (AvgIpc) is 2.82. The molecular weight excluding hydrogens is 414 g/mol. The van der Waals surface area contributed by atoms with Crippen LogP contribution in [0.2, 0.25) is 0 Å². The second-order valence-electron chi connectivity index (χ2n) is 9.64. The van der Waals surface area contributed by atoms with Crippen LogP contribution in [0, 0.1) is 23.5 Å². The lowest BCUT2D eigenvalue weighted by atomic mass is 9.83. The number of ether oxygens (including phenoxy) is 2. The van der Waals surface area contributed by atoms with Crippen molar-refractivity contribution in [3.63, 3.8) is 0 Å². The number of benzene rings is 1. The van der Waals surface area contributed by atoms with Crippen LogP contribution in [0.25, 0.3) is 0 Å². The minimum Gasteiger partial charge on any atom is -0.487 e. The van der Waals surface area contributed by atoms with Crippen LogP contribution in [-0.2, 0) is 9.53 Å². The first kappa shape index (κ1) is 23.4.